The average molecular weight is 774 g/mol. The van der Waals surface area contributed by atoms with E-state index in [9.17, 15) is 33.6 Å². The normalized spacial score (nSPS) is 15.4. The molecule has 304 valence electrons. The Labute approximate surface area is 329 Å². The second kappa shape index (κ2) is 23.7. The van der Waals surface area contributed by atoms with Gasteiger partial charge in [0.15, 0.2) is 11.6 Å². The third-order valence-electron chi connectivity index (χ3n) is 9.84. The van der Waals surface area contributed by atoms with Crippen molar-refractivity contribution in [2.75, 3.05) is 19.6 Å². The molecule has 3 rings (SSSR count). The van der Waals surface area contributed by atoms with Crippen molar-refractivity contribution in [2.24, 2.45) is 35.0 Å². The van der Waals surface area contributed by atoms with Gasteiger partial charge in [0, 0.05) is 37.9 Å². The van der Waals surface area contributed by atoms with Crippen molar-refractivity contribution < 1.29 is 33.6 Å². The molecule has 0 unspecified atom stereocenters. The lowest BCUT2D eigenvalue weighted by atomic mass is 9.88. The number of hydrogen-bond donors (Lipinski definition) is 6. The van der Waals surface area contributed by atoms with Gasteiger partial charge in [0.2, 0.25) is 17.7 Å². The number of nitrogens with one attached hydrogen (secondary N) is 3. The maximum Gasteiger partial charge on any atom is 0.319 e. The van der Waals surface area contributed by atoms with Gasteiger partial charge < -0.3 is 32.7 Å². The fourth-order valence-electron chi connectivity index (χ4n) is 6.87. The van der Waals surface area contributed by atoms with E-state index in [1.807, 2.05) is 79.8 Å². The summed E-state index contributed by atoms with van der Waals surface area (Å²) in [6, 6.07) is 15.0. The van der Waals surface area contributed by atoms with Crippen LogP contribution in [0.2, 0.25) is 0 Å². The first kappa shape index (κ1) is 45.2. The Hall–Kier alpha value is -5.21. The summed E-state index contributed by atoms with van der Waals surface area (Å²) < 4.78 is 0. The van der Waals surface area contributed by atoms with Crippen LogP contribution in [0.3, 0.4) is 0 Å². The Morgan fingerprint density at radius 2 is 1.39 bits per heavy atom. The van der Waals surface area contributed by atoms with Crippen LogP contribution in [0.1, 0.15) is 76.3 Å². The first-order chi connectivity index (χ1) is 26.7. The Morgan fingerprint density at radius 3 is 1.96 bits per heavy atom. The highest BCUT2D eigenvalue weighted by molar-refractivity contribution is 6.03. The third-order valence-corrected chi connectivity index (χ3v) is 9.84. The predicted molar refractivity (Wildman–Crippen MR) is 213 cm³/mol. The molecule has 1 heterocycles. The highest BCUT2D eigenvalue weighted by Crippen LogP contribution is 2.23. The minimum Gasteiger partial charge on any atom is -0.351 e. The maximum absolute atomic E-state index is 14.1. The lowest BCUT2D eigenvalue weighted by Gasteiger charge is -2.34. The number of hydrogen-bond acceptors (Lipinski definition) is 9. The maximum atomic E-state index is 14.1. The Bertz CT molecular complexity index is 1640. The van der Waals surface area contributed by atoms with Gasteiger partial charge in [0.25, 0.3) is 5.91 Å². The lowest BCUT2D eigenvalue weighted by molar-refractivity contribution is -0.139. The highest BCUT2D eigenvalue weighted by atomic mass is 16.2. The summed E-state index contributed by atoms with van der Waals surface area (Å²) in [6.45, 7) is 5.11. The van der Waals surface area contributed by atoms with Crippen LogP contribution < -0.4 is 33.2 Å². The Balaban J connectivity index is 1.70. The number of urea groups is 1. The molecule has 14 heteroatoms. The zero-order valence-electron chi connectivity index (χ0n) is 32.6. The molecule has 0 spiro atoms. The number of rotatable bonds is 22. The van der Waals surface area contributed by atoms with E-state index in [4.69, 9.17) is 17.2 Å². The first-order valence-corrected chi connectivity index (χ1v) is 19.5. The third kappa shape index (κ3) is 16.3. The van der Waals surface area contributed by atoms with Crippen LogP contribution in [-0.4, -0.2) is 83.9 Å². The largest absolute Gasteiger partial charge is 0.351 e. The first-order valence-electron chi connectivity index (χ1n) is 19.5. The monoisotopic (exact) mass is 773 g/mol. The van der Waals surface area contributed by atoms with E-state index in [2.05, 4.69) is 10.6 Å². The summed E-state index contributed by atoms with van der Waals surface area (Å²) in [5.41, 5.74) is 18.7. The van der Waals surface area contributed by atoms with Gasteiger partial charge in [-0.25, -0.2) is 4.79 Å². The molecular weight excluding hydrogens is 715 g/mol. The van der Waals surface area contributed by atoms with Crippen molar-refractivity contribution in [1.82, 2.24) is 20.9 Å². The molecule has 1 aliphatic rings. The van der Waals surface area contributed by atoms with E-state index in [-0.39, 0.29) is 48.6 Å². The fourth-order valence-corrected chi connectivity index (χ4v) is 6.87. The number of ketones is 2. The van der Waals surface area contributed by atoms with E-state index >= 15 is 0 Å². The zero-order valence-corrected chi connectivity index (χ0v) is 32.6. The smallest absolute Gasteiger partial charge is 0.319 e. The van der Waals surface area contributed by atoms with Gasteiger partial charge in [-0.05, 0) is 87.0 Å². The van der Waals surface area contributed by atoms with Crippen molar-refractivity contribution in [3.63, 3.8) is 0 Å². The second-order valence-corrected chi connectivity index (χ2v) is 15.0. The molecular formula is C42H59N7O7. The number of amides is 6. The van der Waals surface area contributed by atoms with Crippen LogP contribution >= 0.6 is 0 Å². The Kier molecular flexibility index (Phi) is 19.1. The summed E-state index contributed by atoms with van der Waals surface area (Å²) in [6.07, 6.45) is 5.75. The number of allylic oxidation sites excluding steroid dienone is 1. The molecule has 0 radical (unpaired) electrons. The molecule has 1 fully saturated rings. The van der Waals surface area contributed by atoms with E-state index in [0.717, 1.165) is 23.3 Å². The van der Waals surface area contributed by atoms with Gasteiger partial charge in [-0.2, -0.15) is 0 Å². The number of piperidine rings is 1. The van der Waals surface area contributed by atoms with Crippen LogP contribution in [0, 0.1) is 17.8 Å². The lowest BCUT2D eigenvalue weighted by Crippen LogP contribution is -2.53. The summed E-state index contributed by atoms with van der Waals surface area (Å²) in [5.74, 6) is -3.19. The molecule has 2 aromatic carbocycles. The number of primary amides is 1. The van der Waals surface area contributed by atoms with Crippen molar-refractivity contribution >= 4 is 41.2 Å². The van der Waals surface area contributed by atoms with Crippen molar-refractivity contribution in [3.05, 3.63) is 83.9 Å². The minimum absolute atomic E-state index is 0.0145. The quantitative estimate of drug-likeness (QED) is 0.0761. The number of carbonyl (C=O) groups excluding carboxylic acids is 7. The molecule has 56 heavy (non-hydrogen) atoms. The van der Waals surface area contributed by atoms with Crippen LogP contribution in [-0.2, 0) is 41.6 Å². The number of nitrogens with zero attached hydrogens (tertiary/aromatic N) is 1. The molecule has 2 aromatic rings. The Morgan fingerprint density at radius 1 is 0.804 bits per heavy atom. The second-order valence-electron chi connectivity index (χ2n) is 15.0. The summed E-state index contributed by atoms with van der Waals surface area (Å²) in [7, 11) is 0. The van der Waals surface area contributed by atoms with Gasteiger partial charge in [-0.3, -0.25) is 34.1 Å². The van der Waals surface area contributed by atoms with E-state index in [0.29, 0.717) is 64.6 Å². The predicted octanol–water partition coefficient (Wildman–Crippen LogP) is 2.47. The number of carbonyl (C=O) groups is 7. The van der Waals surface area contributed by atoms with Gasteiger partial charge in [0.05, 0.1) is 12.1 Å². The fraction of sp³-hybridized carbons (Fsp3) is 0.500. The number of nitrogens with two attached hydrogens (primary N) is 3. The van der Waals surface area contributed by atoms with Crippen LogP contribution in [0.4, 0.5) is 4.79 Å². The van der Waals surface area contributed by atoms with E-state index < -0.39 is 47.8 Å². The number of imide groups is 1. The van der Waals surface area contributed by atoms with Gasteiger partial charge in [-0.15, -0.1) is 0 Å². The number of Topliss-reactive ketones (excluding diaryl/α,β-unsaturated/α-hetero) is 1. The van der Waals surface area contributed by atoms with Crippen molar-refractivity contribution in [2.45, 2.75) is 96.2 Å². The average Bonchev–Trinajstić information content (AvgIpc) is 3.16. The SMILES string of the molecule is CC(C)C[C@@H](CC(=O)[C@@H](Cc1ccccc1)NC(=O)[C@H](N)Cc1ccccc1)C(=O)N[C@H](CCCCN)C(=O)N1CCC(CC(=O)/C=C\C(=O)NC(N)=O)CC1. The molecule has 6 amide bonds. The molecule has 1 saturated heterocycles. The molecule has 0 saturated carbocycles. The van der Waals surface area contributed by atoms with Crippen LogP contribution in [0.25, 0.3) is 0 Å². The topological polar surface area (TPSA) is 237 Å². The van der Waals surface area contributed by atoms with Crippen LogP contribution in [0.15, 0.2) is 72.8 Å². The molecule has 1 aliphatic heterocycles. The molecule has 0 aliphatic carbocycles. The van der Waals surface area contributed by atoms with Crippen molar-refractivity contribution in [3.8, 4) is 0 Å². The molecule has 0 aromatic heterocycles. The zero-order chi connectivity index (χ0) is 41.0. The minimum atomic E-state index is -1.01. The molecule has 14 nitrogen and oxygen atoms in total. The molecule has 0 bridgehead atoms. The molecule has 9 N–H and O–H groups in total. The number of benzene rings is 2. The summed E-state index contributed by atoms with van der Waals surface area (Å²) in [4.78, 5) is 91.9. The van der Waals surface area contributed by atoms with Gasteiger partial charge in [0.1, 0.15) is 6.04 Å². The van der Waals surface area contributed by atoms with E-state index in [1.54, 1.807) is 4.90 Å². The van der Waals surface area contributed by atoms with Crippen LogP contribution in [0.5, 0.6) is 0 Å². The number of unbranched alkanes of at least 4 members (excludes halogenated alkanes) is 1. The van der Waals surface area contributed by atoms with E-state index in [1.165, 1.54) is 0 Å². The summed E-state index contributed by atoms with van der Waals surface area (Å²) in [5, 5.41) is 7.72. The number of likely N-dealkylation sites (tertiary alicyclic amines) is 1. The standard InChI is InChI=1S/C42H59N7O7/c1-28(2)23-32(27-37(51)36(26-30-13-7-4-8-14-30)47-40(54)34(44)25-29-11-5-3-6-12-29)39(53)46-35(15-9-10-20-43)41(55)49-21-18-31(19-22-49)24-33(50)16-17-38(52)48-42(45)56/h3-8,11-14,16-17,28,31-32,34-36H,9-10,15,18-27,43-44H2,1-2H3,(H,46,53)(H,47,54)(H3,45,48,52,56)/b17-16-/t32-,34+,35+,36+/m0/s1. The van der Waals surface area contributed by atoms with Gasteiger partial charge >= 0.3 is 6.03 Å². The van der Waals surface area contributed by atoms with Gasteiger partial charge in [-0.1, -0.05) is 74.5 Å². The molecule has 4 atom stereocenters. The highest BCUT2D eigenvalue weighted by Gasteiger charge is 2.34. The summed E-state index contributed by atoms with van der Waals surface area (Å²) >= 11 is 0. The van der Waals surface area contributed by atoms with Crippen molar-refractivity contribution in [1.29, 1.82) is 0 Å².